The van der Waals surface area contributed by atoms with E-state index >= 15 is 0 Å². The number of hydrogen-bond acceptors (Lipinski definition) is 4. The summed E-state index contributed by atoms with van der Waals surface area (Å²) < 4.78 is 11.1. The Morgan fingerprint density at radius 1 is 1.26 bits per heavy atom. The van der Waals surface area contributed by atoms with E-state index in [1.165, 1.54) is 11.3 Å². The van der Waals surface area contributed by atoms with E-state index < -0.39 is 0 Å². The molecule has 2 rings (SSSR count). The molecule has 0 bridgehead atoms. The summed E-state index contributed by atoms with van der Waals surface area (Å²) >= 11 is 0. The fraction of sp³-hybridized carbons (Fsp3) is 0.632. The molecular formula is C19H29NO3. The first-order valence-corrected chi connectivity index (χ1v) is 8.51. The van der Waals surface area contributed by atoms with Crippen molar-refractivity contribution in [3.05, 3.63) is 23.8 Å². The summed E-state index contributed by atoms with van der Waals surface area (Å²) in [5.74, 6) is 0.910. The molecule has 1 aliphatic rings. The van der Waals surface area contributed by atoms with Crippen LogP contribution in [0.4, 0.5) is 5.69 Å². The van der Waals surface area contributed by atoms with E-state index in [-0.39, 0.29) is 17.5 Å². The fourth-order valence-corrected chi connectivity index (χ4v) is 3.02. The zero-order chi connectivity index (χ0) is 17.0. The second-order valence-corrected chi connectivity index (χ2v) is 7.18. The average Bonchev–Trinajstić information content (AvgIpc) is 2.46. The van der Waals surface area contributed by atoms with Crippen LogP contribution in [0.15, 0.2) is 18.2 Å². The molecular weight excluding hydrogens is 290 g/mol. The number of esters is 1. The van der Waals surface area contributed by atoms with Crippen LogP contribution in [0.5, 0.6) is 5.75 Å². The second kappa shape index (κ2) is 7.24. The zero-order valence-electron chi connectivity index (χ0n) is 15.0. The van der Waals surface area contributed by atoms with Crippen LogP contribution in [0, 0.1) is 12.8 Å². The summed E-state index contributed by atoms with van der Waals surface area (Å²) in [5.41, 5.74) is 2.25. The zero-order valence-corrected chi connectivity index (χ0v) is 15.0. The van der Waals surface area contributed by atoms with Crippen LogP contribution in [-0.2, 0) is 9.53 Å². The van der Waals surface area contributed by atoms with Gasteiger partial charge in [-0.05, 0) is 71.2 Å². The first-order valence-electron chi connectivity index (χ1n) is 8.51. The third-order valence-electron chi connectivity index (χ3n) is 4.05. The van der Waals surface area contributed by atoms with Crippen LogP contribution < -0.4 is 9.64 Å². The lowest BCUT2D eigenvalue weighted by molar-refractivity contribution is -0.148. The molecule has 0 aliphatic carbocycles. The maximum atomic E-state index is 11.8. The van der Waals surface area contributed by atoms with Gasteiger partial charge in [0, 0.05) is 18.8 Å². The van der Waals surface area contributed by atoms with E-state index in [9.17, 15) is 4.79 Å². The van der Waals surface area contributed by atoms with Crippen LogP contribution in [-0.4, -0.2) is 31.3 Å². The Morgan fingerprint density at radius 3 is 2.43 bits per heavy atom. The van der Waals surface area contributed by atoms with Gasteiger partial charge in [-0.15, -0.1) is 0 Å². The molecule has 0 spiro atoms. The number of carbonyl (C=O) groups excluding carboxylic acids is 1. The number of rotatable bonds is 4. The smallest absolute Gasteiger partial charge is 0.309 e. The summed E-state index contributed by atoms with van der Waals surface area (Å²) in [5, 5.41) is 0. The molecule has 1 fully saturated rings. The number of hydrogen-bond donors (Lipinski definition) is 0. The largest absolute Gasteiger partial charge is 0.488 e. The minimum absolute atomic E-state index is 0.0437. The Labute approximate surface area is 139 Å². The molecule has 1 heterocycles. The van der Waals surface area contributed by atoms with Gasteiger partial charge in [-0.2, -0.15) is 0 Å². The molecule has 1 aromatic carbocycles. The summed E-state index contributed by atoms with van der Waals surface area (Å²) in [6.45, 7) is 12.4. The highest BCUT2D eigenvalue weighted by molar-refractivity contribution is 5.73. The molecule has 0 unspecified atom stereocenters. The van der Waals surface area contributed by atoms with Gasteiger partial charge in [0.05, 0.1) is 12.5 Å². The highest BCUT2D eigenvalue weighted by atomic mass is 16.5. The lowest BCUT2D eigenvalue weighted by Gasteiger charge is -2.33. The van der Waals surface area contributed by atoms with Gasteiger partial charge in [0.2, 0.25) is 0 Å². The van der Waals surface area contributed by atoms with E-state index in [4.69, 9.17) is 9.47 Å². The van der Waals surface area contributed by atoms with E-state index in [1.54, 1.807) is 0 Å². The number of benzene rings is 1. The van der Waals surface area contributed by atoms with Crippen molar-refractivity contribution in [2.45, 2.75) is 53.1 Å². The molecule has 1 aromatic rings. The summed E-state index contributed by atoms with van der Waals surface area (Å²) in [6.07, 6.45) is 1.72. The molecule has 4 nitrogen and oxygen atoms in total. The SMILES string of the molecule is CCOC(=O)C1CCN(c2ccc(OC(C)(C)C)cc2C)CC1. The van der Waals surface area contributed by atoms with Gasteiger partial charge in [0.1, 0.15) is 11.4 Å². The third kappa shape index (κ3) is 4.88. The van der Waals surface area contributed by atoms with Gasteiger partial charge in [0.15, 0.2) is 0 Å². The van der Waals surface area contributed by atoms with Crippen molar-refractivity contribution in [1.82, 2.24) is 0 Å². The standard InChI is InChI=1S/C19H29NO3/c1-6-22-18(21)15-9-11-20(12-10-15)17-8-7-16(13-14(17)2)23-19(3,4)5/h7-8,13,15H,6,9-12H2,1-5H3. The van der Waals surface area contributed by atoms with Crippen molar-refractivity contribution in [2.24, 2.45) is 5.92 Å². The van der Waals surface area contributed by atoms with E-state index in [1.807, 2.05) is 13.0 Å². The number of ether oxygens (including phenoxy) is 2. The Hall–Kier alpha value is -1.71. The second-order valence-electron chi connectivity index (χ2n) is 7.18. The minimum atomic E-state index is -0.189. The van der Waals surface area contributed by atoms with Crippen LogP contribution in [0.1, 0.15) is 46.1 Å². The molecule has 4 heteroatoms. The molecule has 0 saturated carbocycles. The predicted octanol–water partition coefficient (Wildman–Crippen LogP) is 3.95. The van der Waals surface area contributed by atoms with Crippen molar-refractivity contribution in [2.75, 3.05) is 24.6 Å². The van der Waals surface area contributed by atoms with Crippen LogP contribution in [0.2, 0.25) is 0 Å². The van der Waals surface area contributed by atoms with Crippen molar-refractivity contribution >= 4 is 11.7 Å². The van der Waals surface area contributed by atoms with Crippen molar-refractivity contribution in [3.8, 4) is 5.75 Å². The molecule has 1 aliphatic heterocycles. The lowest BCUT2D eigenvalue weighted by Crippen LogP contribution is -2.37. The maximum Gasteiger partial charge on any atom is 0.309 e. The Kier molecular flexibility index (Phi) is 5.55. The molecule has 0 atom stereocenters. The van der Waals surface area contributed by atoms with Gasteiger partial charge >= 0.3 is 5.97 Å². The molecule has 0 N–H and O–H groups in total. The first-order chi connectivity index (χ1) is 10.8. The summed E-state index contributed by atoms with van der Waals surface area (Å²) in [6, 6.07) is 6.25. The van der Waals surface area contributed by atoms with Gasteiger partial charge < -0.3 is 14.4 Å². The van der Waals surface area contributed by atoms with E-state index in [0.29, 0.717) is 6.61 Å². The van der Waals surface area contributed by atoms with Gasteiger partial charge in [-0.25, -0.2) is 0 Å². The third-order valence-corrected chi connectivity index (χ3v) is 4.05. The number of nitrogens with zero attached hydrogens (tertiary/aromatic N) is 1. The van der Waals surface area contributed by atoms with Crippen LogP contribution >= 0.6 is 0 Å². The van der Waals surface area contributed by atoms with E-state index in [0.717, 1.165) is 31.7 Å². The molecule has 0 aromatic heterocycles. The number of aryl methyl sites for hydroxylation is 1. The molecule has 0 radical (unpaired) electrons. The lowest BCUT2D eigenvalue weighted by atomic mass is 9.96. The van der Waals surface area contributed by atoms with Crippen molar-refractivity contribution in [1.29, 1.82) is 0 Å². The monoisotopic (exact) mass is 319 g/mol. The quantitative estimate of drug-likeness (QED) is 0.788. The minimum Gasteiger partial charge on any atom is -0.488 e. The van der Waals surface area contributed by atoms with Gasteiger partial charge in [-0.1, -0.05) is 0 Å². The normalized spacial score (nSPS) is 16.3. The Morgan fingerprint density at radius 2 is 1.91 bits per heavy atom. The summed E-state index contributed by atoms with van der Waals surface area (Å²) in [7, 11) is 0. The highest BCUT2D eigenvalue weighted by Gasteiger charge is 2.26. The summed E-state index contributed by atoms with van der Waals surface area (Å²) in [4.78, 5) is 14.2. The average molecular weight is 319 g/mol. The van der Waals surface area contributed by atoms with Crippen molar-refractivity contribution in [3.63, 3.8) is 0 Å². The topological polar surface area (TPSA) is 38.8 Å². The van der Waals surface area contributed by atoms with Crippen LogP contribution in [0.25, 0.3) is 0 Å². The fourth-order valence-electron chi connectivity index (χ4n) is 3.02. The Bertz CT molecular complexity index is 540. The number of carbonyl (C=O) groups is 1. The number of piperidine rings is 1. The van der Waals surface area contributed by atoms with Gasteiger partial charge in [-0.3, -0.25) is 4.79 Å². The molecule has 1 saturated heterocycles. The van der Waals surface area contributed by atoms with Gasteiger partial charge in [0.25, 0.3) is 0 Å². The molecule has 0 amide bonds. The highest BCUT2D eigenvalue weighted by Crippen LogP contribution is 2.30. The first kappa shape index (κ1) is 17.6. The van der Waals surface area contributed by atoms with E-state index in [2.05, 4.69) is 44.7 Å². The number of anilines is 1. The Balaban J connectivity index is 2.00. The molecule has 23 heavy (non-hydrogen) atoms. The van der Waals surface area contributed by atoms with Crippen molar-refractivity contribution < 1.29 is 14.3 Å². The maximum absolute atomic E-state index is 11.8. The molecule has 128 valence electrons. The predicted molar refractivity (Wildman–Crippen MR) is 93.1 cm³/mol. The van der Waals surface area contributed by atoms with Crippen LogP contribution in [0.3, 0.4) is 0 Å².